The topological polar surface area (TPSA) is 145 Å². The van der Waals surface area contributed by atoms with Crippen LogP contribution in [0, 0.1) is 10.1 Å². The Morgan fingerprint density at radius 3 is 2.49 bits per heavy atom. The van der Waals surface area contributed by atoms with Crippen LogP contribution in [0.3, 0.4) is 0 Å². The Labute approximate surface area is 209 Å². The van der Waals surface area contributed by atoms with Crippen molar-refractivity contribution in [3.8, 4) is 5.75 Å². The number of rotatable bonds is 10. The summed E-state index contributed by atoms with van der Waals surface area (Å²) in [5.41, 5.74) is 0.130. The van der Waals surface area contributed by atoms with E-state index >= 15 is 0 Å². The van der Waals surface area contributed by atoms with Gasteiger partial charge in [0.05, 0.1) is 21.3 Å². The molecule has 0 aliphatic heterocycles. The second kappa shape index (κ2) is 11.2. The third-order valence-corrected chi connectivity index (χ3v) is 7.95. The summed E-state index contributed by atoms with van der Waals surface area (Å²) in [5.74, 6) is -1.31. The van der Waals surface area contributed by atoms with E-state index in [1.807, 2.05) is 0 Å². The fourth-order valence-corrected chi connectivity index (χ4v) is 5.20. The van der Waals surface area contributed by atoms with Crippen LogP contribution in [-0.4, -0.2) is 45.5 Å². The molecular weight excluding hydrogens is 522 g/mol. The first-order valence-corrected chi connectivity index (χ1v) is 12.4. The average molecular weight is 540 g/mol. The van der Waals surface area contributed by atoms with Gasteiger partial charge in [0, 0.05) is 19.2 Å². The van der Waals surface area contributed by atoms with Crippen molar-refractivity contribution >= 4 is 61.9 Å². The van der Waals surface area contributed by atoms with Crippen molar-refractivity contribution in [3.63, 3.8) is 0 Å². The molecule has 0 fully saturated rings. The molecule has 0 aliphatic rings. The van der Waals surface area contributed by atoms with E-state index in [2.05, 4.69) is 5.32 Å². The number of nitro groups is 1. The van der Waals surface area contributed by atoms with Crippen LogP contribution in [0.4, 0.5) is 17.1 Å². The summed E-state index contributed by atoms with van der Waals surface area (Å²) in [6, 6.07) is 12.7. The smallest absolute Gasteiger partial charge is 0.344 e. The van der Waals surface area contributed by atoms with E-state index in [9.17, 15) is 28.1 Å². The molecule has 3 aromatic rings. The minimum atomic E-state index is -3.68. The largest absolute Gasteiger partial charge is 0.482 e. The zero-order valence-electron chi connectivity index (χ0n) is 18.0. The van der Waals surface area contributed by atoms with Gasteiger partial charge in [-0.3, -0.25) is 19.2 Å². The number of halogens is 1. The van der Waals surface area contributed by atoms with Crippen LogP contribution in [0.1, 0.15) is 0 Å². The van der Waals surface area contributed by atoms with Crippen LogP contribution < -0.4 is 14.4 Å². The molecule has 0 aliphatic carbocycles. The van der Waals surface area contributed by atoms with Crippen molar-refractivity contribution in [2.45, 2.75) is 4.21 Å². The molecule has 0 bridgehead atoms. The minimum Gasteiger partial charge on any atom is -0.482 e. The van der Waals surface area contributed by atoms with E-state index < -0.39 is 40.0 Å². The van der Waals surface area contributed by atoms with Crippen LogP contribution in [0.15, 0.2) is 64.2 Å². The van der Waals surface area contributed by atoms with Crippen LogP contribution >= 0.6 is 22.9 Å². The summed E-state index contributed by atoms with van der Waals surface area (Å²) in [7, 11) is -2.25. The Hall–Kier alpha value is -3.68. The molecule has 0 saturated heterocycles. The second-order valence-corrected chi connectivity index (χ2v) is 10.4. The highest BCUT2D eigenvalue weighted by molar-refractivity contribution is 7.94. The number of carbonyl (C=O) groups excluding carboxylic acids is 2. The summed E-state index contributed by atoms with van der Waals surface area (Å²) in [5, 5.41) is 14.9. The summed E-state index contributed by atoms with van der Waals surface area (Å²) in [6.45, 7) is -1.17. The number of hydrogen-bond donors (Lipinski definition) is 1. The highest BCUT2D eigenvalue weighted by Gasteiger charge is 2.22. The predicted octanol–water partition coefficient (Wildman–Crippen LogP) is 3.70. The normalized spacial score (nSPS) is 10.9. The molecule has 0 atom stereocenters. The number of thiophene rings is 1. The van der Waals surface area contributed by atoms with Crippen LogP contribution in [-0.2, 0) is 24.3 Å². The molecule has 35 heavy (non-hydrogen) atoms. The number of nitro benzene ring substituents is 1. The molecule has 0 radical (unpaired) electrons. The second-order valence-electron chi connectivity index (χ2n) is 6.82. The number of carbonyl (C=O) groups is 2. The maximum absolute atomic E-state index is 12.6. The molecule has 14 heteroatoms. The number of amides is 1. The first-order valence-electron chi connectivity index (χ1n) is 9.72. The number of ether oxygens (including phenoxy) is 2. The Morgan fingerprint density at radius 1 is 1.14 bits per heavy atom. The lowest BCUT2D eigenvalue weighted by atomic mass is 10.3. The first kappa shape index (κ1) is 25.9. The monoisotopic (exact) mass is 539 g/mol. The Balaban J connectivity index is 1.48. The number of nitrogens with zero attached hydrogens (tertiary/aromatic N) is 2. The number of hydrogen-bond acceptors (Lipinski definition) is 9. The average Bonchev–Trinajstić information content (AvgIpc) is 3.38. The van der Waals surface area contributed by atoms with Crippen molar-refractivity contribution < 1.29 is 32.4 Å². The molecule has 1 amide bonds. The molecule has 1 N–H and O–H groups in total. The summed E-state index contributed by atoms with van der Waals surface area (Å²) >= 11 is 7.01. The first-order chi connectivity index (χ1) is 16.6. The molecule has 0 saturated carbocycles. The SMILES string of the molecule is CN(c1ccc(OCC(=O)OCC(=O)Nc2cc([N+](=O)[O-])ccc2Cl)cc1)S(=O)(=O)c1cccs1. The Bertz CT molecular complexity index is 1330. The van der Waals surface area contributed by atoms with Gasteiger partial charge < -0.3 is 14.8 Å². The molecule has 11 nitrogen and oxygen atoms in total. The molecule has 0 unspecified atom stereocenters. The van der Waals surface area contributed by atoms with Crippen molar-refractivity contribution in [3.05, 3.63) is 75.1 Å². The summed E-state index contributed by atoms with van der Waals surface area (Å²) in [6.07, 6.45) is 0. The minimum absolute atomic E-state index is 0.00400. The van der Waals surface area contributed by atoms with E-state index in [-0.39, 0.29) is 26.4 Å². The van der Waals surface area contributed by atoms with E-state index in [0.717, 1.165) is 21.7 Å². The third kappa shape index (κ3) is 6.68. The lowest BCUT2D eigenvalue weighted by Gasteiger charge is -2.18. The van der Waals surface area contributed by atoms with Gasteiger partial charge in [-0.25, -0.2) is 13.2 Å². The van der Waals surface area contributed by atoms with E-state index in [4.69, 9.17) is 21.1 Å². The van der Waals surface area contributed by atoms with Gasteiger partial charge in [0.25, 0.3) is 21.6 Å². The maximum atomic E-state index is 12.6. The molecule has 2 aromatic carbocycles. The van der Waals surface area contributed by atoms with Gasteiger partial charge >= 0.3 is 5.97 Å². The van der Waals surface area contributed by atoms with Crippen LogP contribution in [0.25, 0.3) is 0 Å². The zero-order valence-corrected chi connectivity index (χ0v) is 20.4. The zero-order chi connectivity index (χ0) is 25.6. The number of esters is 1. The lowest BCUT2D eigenvalue weighted by molar-refractivity contribution is -0.384. The third-order valence-electron chi connectivity index (χ3n) is 4.47. The quantitative estimate of drug-likeness (QED) is 0.233. The van der Waals surface area contributed by atoms with Gasteiger partial charge in [0.1, 0.15) is 9.96 Å². The fraction of sp³-hybridized carbons (Fsp3) is 0.143. The van der Waals surface area contributed by atoms with Gasteiger partial charge in [-0.1, -0.05) is 17.7 Å². The van der Waals surface area contributed by atoms with E-state index in [1.165, 1.54) is 49.5 Å². The Kier molecular flexibility index (Phi) is 8.27. The van der Waals surface area contributed by atoms with Crippen molar-refractivity contribution in [1.29, 1.82) is 0 Å². The highest BCUT2D eigenvalue weighted by atomic mass is 35.5. The number of non-ortho nitro benzene ring substituents is 1. The van der Waals surface area contributed by atoms with Gasteiger partial charge in [-0.2, -0.15) is 0 Å². The van der Waals surface area contributed by atoms with E-state index in [1.54, 1.807) is 11.4 Å². The van der Waals surface area contributed by atoms with Gasteiger partial charge in [0.15, 0.2) is 13.2 Å². The Morgan fingerprint density at radius 2 is 1.86 bits per heavy atom. The fourth-order valence-electron chi connectivity index (χ4n) is 2.68. The van der Waals surface area contributed by atoms with Crippen LogP contribution in [0.5, 0.6) is 5.75 Å². The van der Waals surface area contributed by atoms with Gasteiger partial charge in [-0.15, -0.1) is 11.3 Å². The number of benzene rings is 2. The molecular formula is C21H18ClN3O8S2. The molecule has 0 spiro atoms. The van der Waals surface area contributed by atoms with Crippen LogP contribution in [0.2, 0.25) is 5.02 Å². The molecule has 3 rings (SSSR count). The number of nitrogens with one attached hydrogen (secondary N) is 1. The number of anilines is 2. The molecule has 184 valence electrons. The van der Waals surface area contributed by atoms with Gasteiger partial charge in [0.2, 0.25) is 0 Å². The number of sulfonamides is 1. The standard InChI is InChI=1S/C21H18ClN3O8S2/c1-24(35(30,31)21-3-2-10-34-21)14-4-7-16(8-5-14)32-13-20(27)33-12-19(26)23-18-11-15(25(28)29)6-9-17(18)22/h2-11H,12-13H2,1H3,(H,23,26). The lowest BCUT2D eigenvalue weighted by Crippen LogP contribution is -2.25. The molecule has 1 heterocycles. The summed E-state index contributed by atoms with van der Waals surface area (Å²) < 4.78 is 36.6. The van der Waals surface area contributed by atoms with Crippen molar-refractivity contribution in [2.24, 2.45) is 0 Å². The van der Waals surface area contributed by atoms with E-state index in [0.29, 0.717) is 5.69 Å². The molecule has 1 aromatic heterocycles. The highest BCUT2D eigenvalue weighted by Crippen LogP contribution is 2.27. The van der Waals surface area contributed by atoms with Gasteiger partial charge in [-0.05, 0) is 41.8 Å². The summed E-state index contributed by atoms with van der Waals surface area (Å²) in [4.78, 5) is 34.1. The maximum Gasteiger partial charge on any atom is 0.344 e. The van der Waals surface area contributed by atoms with Crippen molar-refractivity contribution in [1.82, 2.24) is 0 Å². The predicted molar refractivity (Wildman–Crippen MR) is 130 cm³/mol. The van der Waals surface area contributed by atoms with Crippen molar-refractivity contribution in [2.75, 3.05) is 29.9 Å².